The number of aliphatic hydroxyl groups is 1. The highest BCUT2D eigenvalue weighted by molar-refractivity contribution is 6.53. The number of hydrogen-bond acceptors (Lipinski definition) is 4. The molecule has 2 aliphatic carbocycles. The van der Waals surface area contributed by atoms with Crippen LogP contribution in [0.2, 0.25) is 0 Å². The van der Waals surface area contributed by atoms with Crippen LogP contribution in [0.4, 0.5) is 0 Å². The highest BCUT2D eigenvalue weighted by atomic mass is 16.3. The molecule has 1 N–H and O–H groups in total. The first-order chi connectivity index (χ1) is 10.6. The minimum Gasteiger partial charge on any atom is -0.463 e. The monoisotopic (exact) mass is 296 g/mol. The van der Waals surface area contributed by atoms with Gasteiger partial charge in [-0.05, 0) is 48.9 Å². The van der Waals surface area contributed by atoms with Gasteiger partial charge in [-0.1, -0.05) is 6.07 Å². The van der Waals surface area contributed by atoms with Crippen LogP contribution in [-0.2, 0) is 6.42 Å². The molecular weight excluding hydrogens is 280 g/mol. The summed E-state index contributed by atoms with van der Waals surface area (Å²) in [5.74, 6) is -0.321. The number of hydrogen-bond donors (Lipinski definition) is 1. The Kier molecular flexibility index (Phi) is 2.84. The Morgan fingerprint density at radius 1 is 1.23 bits per heavy atom. The molecule has 4 nitrogen and oxygen atoms in total. The standard InChI is InChI=1S/C18H16O4/c1-9-8-22-18-14(9)17(21)16(20)13-6-5-11-10(7-19)3-2-4-12(11)15(13)18/h5-6,8,10,19H,2-4,7H2,1H3. The zero-order chi connectivity index (χ0) is 15.4. The number of aryl methyl sites for hydroxylation is 1. The number of furan rings is 1. The first-order valence-electron chi connectivity index (χ1n) is 7.57. The lowest BCUT2D eigenvalue weighted by Gasteiger charge is -2.28. The maximum atomic E-state index is 12.4. The Morgan fingerprint density at radius 2 is 2.05 bits per heavy atom. The zero-order valence-corrected chi connectivity index (χ0v) is 12.3. The lowest BCUT2D eigenvalue weighted by atomic mass is 9.76. The molecule has 1 aromatic carbocycles. The first kappa shape index (κ1) is 13.5. The van der Waals surface area contributed by atoms with Crippen molar-refractivity contribution in [2.75, 3.05) is 6.61 Å². The van der Waals surface area contributed by atoms with E-state index in [0.29, 0.717) is 22.5 Å². The number of aliphatic hydroxyl groups excluding tert-OH is 1. The van der Waals surface area contributed by atoms with Crippen LogP contribution in [0, 0.1) is 6.92 Å². The Balaban J connectivity index is 2.05. The van der Waals surface area contributed by atoms with E-state index in [1.165, 1.54) is 6.26 Å². The summed E-state index contributed by atoms with van der Waals surface area (Å²) in [6.07, 6.45) is 4.29. The summed E-state index contributed by atoms with van der Waals surface area (Å²) in [6.45, 7) is 1.88. The van der Waals surface area contributed by atoms with Crippen molar-refractivity contribution in [3.8, 4) is 11.3 Å². The topological polar surface area (TPSA) is 67.5 Å². The Labute approximate surface area is 127 Å². The molecule has 2 aromatic rings. The summed E-state index contributed by atoms with van der Waals surface area (Å²) in [5, 5.41) is 9.59. The smallest absolute Gasteiger partial charge is 0.237 e. The Morgan fingerprint density at radius 3 is 2.82 bits per heavy atom. The van der Waals surface area contributed by atoms with E-state index >= 15 is 0 Å². The normalized spacial score (nSPS) is 19.6. The Hall–Kier alpha value is -2.20. The van der Waals surface area contributed by atoms with Gasteiger partial charge in [0.25, 0.3) is 0 Å². The third-order valence-corrected chi connectivity index (χ3v) is 4.87. The van der Waals surface area contributed by atoms with E-state index in [0.717, 1.165) is 36.0 Å². The SMILES string of the molecule is Cc1coc2c1C(=O)C(=O)c1ccc3c(c1-2)CCCC3CO. The van der Waals surface area contributed by atoms with Crippen LogP contribution in [0.5, 0.6) is 0 Å². The fraction of sp³-hybridized carbons (Fsp3) is 0.333. The summed E-state index contributed by atoms with van der Waals surface area (Å²) in [5.41, 5.74) is 4.43. The number of benzene rings is 1. The average Bonchev–Trinajstić information content (AvgIpc) is 2.92. The van der Waals surface area contributed by atoms with Gasteiger partial charge in [0.2, 0.25) is 11.6 Å². The summed E-state index contributed by atoms with van der Waals surface area (Å²) >= 11 is 0. The van der Waals surface area contributed by atoms with Crippen molar-refractivity contribution in [1.82, 2.24) is 0 Å². The number of fused-ring (bicyclic) bond motifs is 5. The minimum absolute atomic E-state index is 0.0984. The molecule has 2 aliphatic rings. The van der Waals surface area contributed by atoms with Gasteiger partial charge in [-0.3, -0.25) is 9.59 Å². The molecule has 4 rings (SSSR count). The zero-order valence-electron chi connectivity index (χ0n) is 12.3. The van der Waals surface area contributed by atoms with Gasteiger partial charge in [-0.2, -0.15) is 0 Å². The van der Waals surface area contributed by atoms with E-state index in [2.05, 4.69) is 0 Å². The molecule has 0 spiro atoms. The Bertz CT molecular complexity index is 813. The molecule has 4 heteroatoms. The van der Waals surface area contributed by atoms with Crippen molar-refractivity contribution in [1.29, 1.82) is 0 Å². The van der Waals surface area contributed by atoms with Crippen molar-refractivity contribution in [3.05, 3.63) is 46.2 Å². The van der Waals surface area contributed by atoms with Crippen LogP contribution in [0.15, 0.2) is 22.8 Å². The van der Waals surface area contributed by atoms with Crippen LogP contribution in [0.25, 0.3) is 11.3 Å². The quantitative estimate of drug-likeness (QED) is 0.821. The second-order valence-corrected chi connectivity index (χ2v) is 6.11. The minimum atomic E-state index is -0.483. The van der Waals surface area contributed by atoms with Gasteiger partial charge in [-0.15, -0.1) is 0 Å². The molecular formula is C18H16O4. The fourth-order valence-electron chi connectivity index (χ4n) is 3.78. The van der Waals surface area contributed by atoms with Gasteiger partial charge in [0.1, 0.15) is 5.76 Å². The van der Waals surface area contributed by atoms with Crippen LogP contribution in [-0.4, -0.2) is 23.3 Å². The molecule has 0 amide bonds. The van der Waals surface area contributed by atoms with Crippen molar-refractivity contribution in [3.63, 3.8) is 0 Å². The average molecular weight is 296 g/mol. The summed E-state index contributed by atoms with van der Waals surface area (Å²) in [4.78, 5) is 24.7. The van der Waals surface area contributed by atoms with Gasteiger partial charge in [-0.25, -0.2) is 0 Å². The largest absolute Gasteiger partial charge is 0.463 e. The molecule has 1 heterocycles. The molecule has 0 bridgehead atoms. The van der Waals surface area contributed by atoms with E-state index in [1.807, 2.05) is 6.07 Å². The predicted octanol–water partition coefficient (Wildman–Crippen LogP) is 3.05. The molecule has 0 fully saturated rings. The second-order valence-electron chi connectivity index (χ2n) is 6.11. The lowest BCUT2D eigenvalue weighted by Crippen LogP contribution is -2.24. The maximum absolute atomic E-state index is 12.4. The van der Waals surface area contributed by atoms with E-state index < -0.39 is 11.6 Å². The summed E-state index contributed by atoms with van der Waals surface area (Å²) in [7, 11) is 0. The van der Waals surface area contributed by atoms with Crippen LogP contribution >= 0.6 is 0 Å². The highest BCUT2D eigenvalue weighted by Gasteiger charge is 2.37. The number of rotatable bonds is 1. The molecule has 112 valence electrons. The number of carbonyl (C=O) groups excluding carboxylic acids is 2. The second kappa shape index (κ2) is 4.65. The molecule has 0 radical (unpaired) electrons. The molecule has 1 aromatic heterocycles. The third-order valence-electron chi connectivity index (χ3n) is 4.87. The van der Waals surface area contributed by atoms with Crippen molar-refractivity contribution in [2.24, 2.45) is 0 Å². The van der Waals surface area contributed by atoms with Crippen LogP contribution in [0.3, 0.4) is 0 Å². The van der Waals surface area contributed by atoms with Crippen molar-refractivity contribution in [2.45, 2.75) is 32.1 Å². The predicted molar refractivity (Wildman–Crippen MR) is 80.3 cm³/mol. The van der Waals surface area contributed by atoms with E-state index in [-0.39, 0.29) is 12.5 Å². The van der Waals surface area contributed by atoms with Crippen LogP contribution in [0.1, 0.15) is 56.2 Å². The number of carbonyl (C=O) groups is 2. The fourth-order valence-corrected chi connectivity index (χ4v) is 3.78. The van der Waals surface area contributed by atoms with Gasteiger partial charge >= 0.3 is 0 Å². The van der Waals surface area contributed by atoms with E-state index in [1.54, 1.807) is 13.0 Å². The molecule has 1 unspecified atom stereocenters. The summed E-state index contributed by atoms with van der Waals surface area (Å²) in [6, 6.07) is 3.60. The lowest BCUT2D eigenvalue weighted by molar-refractivity contribution is 0.0814. The van der Waals surface area contributed by atoms with Crippen molar-refractivity contribution < 1.29 is 19.1 Å². The first-order valence-corrected chi connectivity index (χ1v) is 7.57. The number of ketones is 2. The van der Waals surface area contributed by atoms with E-state index in [4.69, 9.17) is 4.42 Å². The summed E-state index contributed by atoms with van der Waals surface area (Å²) < 4.78 is 5.63. The highest BCUT2D eigenvalue weighted by Crippen LogP contribution is 2.44. The molecule has 0 saturated heterocycles. The molecule has 1 atom stereocenters. The molecule has 0 saturated carbocycles. The molecule has 0 aliphatic heterocycles. The van der Waals surface area contributed by atoms with Gasteiger partial charge < -0.3 is 9.52 Å². The maximum Gasteiger partial charge on any atom is 0.237 e. The van der Waals surface area contributed by atoms with Crippen LogP contribution < -0.4 is 0 Å². The van der Waals surface area contributed by atoms with Gasteiger partial charge in [0, 0.05) is 23.7 Å². The molecule has 22 heavy (non-hydrogen) atoms. The van der Waals surface area contributed by atoms with Crippen molar-refractivity contribution >= 4 is 11.6 Å². The van der Waals surface area contributed by atoms with Gasteiger partial charge in [0.15, 0.2) is 0 Å². The number of Topliss-reactive ketones (excluding diaryl/α,β-unsaturated/α-hetero) is 2. The third kappa shape index (κ3) is 1.61. The van der Waals surface area contributed by atoms with Gasteiger partial charge in [0.05, 0.1) is 11.8 Å². The van der Waals surface area contributed by atoms with E-state index in [9.17, 15) is 14.7 Å².